The molecule has 148 valence electrons. The molecule has 1 atom stereocenters. The van der Waals surface area contributed by atoms with Gasteiger partial charge in [-0.2, -0.15) is 0 Å². The number of likely N-dealkylation sites (tertiary alicyclic amines) is 1. The van der Waals surface area contributed by atoms with E-state index in [1.165, 1.54) is 0 Å². The maximum Gasteiger partial charge on any atom is 0.225 e. The molecule has 4 heterocycles. The van der Waals surface area contributed by atoms with Crippen LogP contribution in [0.15, 0.2) is 36.7 Å². The first-order valence-electron chi connectivity index (χ1n) is 9.97. The summed E-state index contributed by atoms with van der Waals surface area (Å²) in [4.78, 5) is 21.8. The first kappa shape index (κ1) is 17.7. The van der Waals surface area contributed by atoms with E-state index < -0.39 is 6.17 Å². The normalized spacial score (nSPS) is 28.2. The van der Waals surface area contributed by atoms with E-state index in [1.54, 1.807) is 7.11 Å². The molecule has 28 heavy (non-hydrogen) atoms. The molecule has 1 saturated heterocycles. The molecule has 6 nitrogen and oxygen atoms in total. The van der Waals surface area contributed by atoms with Gasteiger partial charge in [0.2, 0.25) is 5.91 Å². The number of halogens is 1. The molecule has 7 heteroatoms. The number of carbonyl (C=O) groups is 1. The molecular formula is C21H25FN4O2. The van der Waals surface area contributed by atoms with Crippen molar-refractivity contribution in [2.75, 3.05) is 38.3 Å². The van der Waals surface area contributed by atoms with E-state index >= 15 is 0 Å². The van der Waals surface area contributed by atoms with Crippen LogP contribution in [0.2, 0.25) is 0 Å². The summed E-state index contributed by atoms with van der Waals surface area (Å²) in [6, 6.07) is 8.22. The van der Waals surface area contributed by atoms with Crippen molar-refractivity contribution < 1.29 is 13.9 Å². The summed E-state index contributed by atoms with van der Waals surface area (Å²) in [5.41, 5.74) is 1.90. The zero-order chi connectivity index (χ0) is 19.3. The van der Waals surface area contributed by atoms with E-state index in [-0.39, 0.29) is 17.4 Å². The first-order valence-corrected chi connectivity index (χ1v) is 9.97. The van der Waals surface area contributed by atoms with Gasteiger partial charge in [-0.1, -0.05) is 0 Å². The van der Waals surface area contributed by atoms with Crippen LogP contribution in [0, 0.1) is 5.92 Å². The molecule has 2 fully saturated rings. The van der Waals surface area contributed by atoms with E-state index in [9.17, 15) is 9.18 Å². The highest BCUT2D eigenvalue weighted by molar-refractivity contribution is 5.81. The lowest BCUT2D eigenvalue weighted by Crippen LogP contribution is -2.54. The van der Waals surface area contributed by atoms with Gasteiger partial charge in [0.15, 0.2) is 5.82 Å². The quantitative estimate of drug-likeness (QED) is 0.813. The molecule has 1 aliphatic carbocycles. The second-order valence-corrected chi connectivity index (χ2v) is 8.06. The molecule has 2 aromatic heterocycles. The number of nitrogens with zero attached hydrogens (tertiary/aromatic N) is 4. The van der Waals surface area contributed by atoms with E-state index in [4.69, 9.17) is 4.74 Å². The lowest BCUT2D eigenvalue weighted by Gasteiger charge is -2.47. The highest BCUT2D eigenvalue weighted by atomic mass is 19.1. The predicted molar refractivity (Wildman–Crippen MR) is 103 cm³/mol. The Kier molecular flexibility index (Phi) is 4.16. The van der Waals surface area contributed by atoms with Gasteiger partial charge in [0.1, 0.15) is 11.7 Å². The number of carbonyl (C=O) groups excluding carboxylic acids is 1. The number of amides is 1. The number of methoxy groups -OCH3 is 1. The average Bonchev–Trinajstić information content (AvgIpc) is 3.34. The fourth-order valence-corrected chi connectivity index (χ4v) is 5.04. The number of ether oxygens (including phenoxy) is 1. The molecule has 2 aromatic rings. The molecule has 0 aromatic carbocycles. The van der Waals surface area contributed by atoms with Crippen LogP contribution in [0.25, 0.3) is 5.82 Å². The van der Waals surface area contributed by atoms with Gasteiger partial charge in [-0.3, -0.25) is 4.79 Å². The average molecular weight is 384 g/mol. The predicted octanol–water partition coefficient (Wildman–Crippen LogP) is 2.51. The summed E-state index contributed by atoms with van der Waals surface area (Å²) in [7, 11) is 1.71. The summed E-state index contributed by atoms with van der Waals surface area (Å²) in [5.74, 6) is 0.864. The number of hydrogen-bond donors (Lipinski definition) is 0. The van der Waals surface area contributed by atoms with Gasteiger partial charge in [-0.05, 0) is 43.5 Å². The van der Waals surface area contributed by atoms with Crippen molar-refractivity contribution >= 4 is 11.6 Å². The summed E-state index contributed by atoms with van der Waals surface area (Å²) in [6.07, 6.45) is 4.63. The number of rotatable bonds is 4. The third-order valence-corrected chi connectivity index (χ3v) is 6.54. The van der Waals surface area contributed by atoms with E-state index in [0.717, 1.165) is 30.2 Å². The fourth-order valence-electron chi connectivity index (χ4n) is 5.04. The van der Waals surface area contributed by atoms with E-state index in [0.29, 0.717) is 32.5 Å². The molecule has 1 amide bonds. The van der Waals surface area contributed by atoms with Crippen LogP contribution in [0.1, 0.15) is 25.0 Å². The number of alkyl halides is 1. The SMILES string of the molecule is COCCN1c2cccnc2-n2cccc2C12CCN(C(=O)C1CC(F)C1)C2. The number of pyridine rings is 1. The summed E-state index contributed by atoms with van der Waals surface area (Å²) in [5, 5.41) is 0. The van der Waals surface area contributed by atoms with Gasteiger partial charge in [0, 0.05) is 45.1 Å². The van der Waals surface area contributed by atoms with Gasteiger partial charge in [0.25, 0.3) is 0 Å². The monoisotopic (exact) mass is 384 g/mol. The Morgan fingerprint density at radius 3 is 3.00 bits per heavy atom. The molecule has 3 aliphatic rings. The summed E-state index contributed by atoms with van der Waals surface area (Å²) in [6.45, 7) is 2.62. The van der Waals surface area contributed by atoms with Gasteiger partial charge in [-0.15, -0.1) is 0 Å². The fraction of sp³-hybridized carbons (Fsp3) is 0.524. The van der Waals surface area contributed by atoms with Crippen molar-refractivity contribution in [3.05, 3.63) is 42.4 Å². The molecule has 2 aliphatic heterocycles. The zero-order valence-electron chi connectivity index (χ0n) is 16.1. The number of aromatic nitrogens is 2. The van der Waals surface area contributed by atoms with Crippen molar-refractivity contribution in [1.82, 2.24) is 14.5 Å². The number of hydrogen-bond acceptors (Lipinski definition) is 4. The van der Waals surface area contributed by atoms with Crippen LogP contribution in [-0.2, 0) is 15.1 Å². The second-order valence-electron chi connectivity index (χ2n) is 8.06. The first-order chi connectivity index (χ1) is 13.6. The largest absolute Gasteiger partial charge is 0.383 e. The summed E-state index contributed by atoms with van der Waals surface area (Å²) < 4.78 is 20.8. The Morgan fingerprint density at radius 1 is 1.36 bits per heavy atom. The molecule has 1 unspecified atom stereocenters. The highest BCUT2D eigenvalue weighted by Gasteiger charge is 2.52. The van der Waals surface area contributed by atoms with Crippen molar-refractivity contribution in [3.63, 3.8) is 0 Å². The van der Waals surface area contributed by atoms with E-state index in [2.05, 4.69) is 26.6 Å². The van der Waals surface area contributed by atoms with E-state index in [1.807, 2.05) is 29.4 Å². The van der Waals surface area contributed by atoms with Crippen LogP contribution < -0.4 is 4.90 Å². The minimum absolute atomic E-state index is 0.104. The standard InChI is InChI=1S/C21H25FN4O2/c1-28-11-10-26-17-4-2-7-23-19(17)25-8-3-5-18(25)21(26)6-9-24(14-21)20(27)15-12-16(22)13-15/h2-5,7-8,15-16H,6,9-14H2,1H3. The zero-order valence-corrected chi connectivity index (χ0v) is 16.1. The number of fused-ring (bicyclic) bond motifs is 4. The van der Waals surface area contributed by atoms with Crippen LogP contribution in [0.4, 0.5) is 10.1 Å². The van der Waals surface area contributed by atoms with Gasteiger partial charge in [-0.25, -0.2) is 9.37 Å². The van der Waals surface area contributed by atoms with Crippen molar-refractivity contribution in [1.29, 1.82) is 0 Å². The Bertz CT molecular complexity index is 894. The van der Waals surface area contributed by atoms with Gasteiger partial charge >= 0.3 is 0 Å². The van der Waals surface area contributed by atoms with Crippen molar-refractivity contribution in [2.45, 2.75) is 31.0 Å². The maximum absolute atomic E-state index is 13.3. The lowest BCUT2D eigenvalue weighted by molar-refractivity contribution is -0.139. The van der Waals surface area contributed by atoms with Crippen molar-refractivity contribution in [2.24, 2.45) is 5.92 Å². The van der Waals surface area contributed by atoms with Crippen LogP contribution in [-0.4, -0.2) is 59.9 Å². The molecule has 0 N–H and O–H groups in total. The maximum atomic E-state index is 13.3. The number of anilines is 1. The van der Waals surface area contributed by atoms with Crippen LogP contribution >= 0.6 is 0 Å². The Labute approximate surface area is 163 Å². The van der Waals surface area contributed by atoms with Crippen molar-refractivity contribution in [3.8, 4) is 5.82 Å². The minimum Gasteiger partial charge on any atom is -0.383 e. The van der Waals surface area contributed by atoms with Gasteiger partial charge < -0.3 is 19.1 Å². The molecule has 0 radical (unpaired) electrons. The smallest absolute Gasteiger partial charge is 0.225 e. The third kappa shape index (κ3) is 2.49. The topological polar surface area (TPSA) is 50.6 Å². The molecular weight excluding hydrogens is 359 g/mol. The van der Waals surface area contributed by atoms with Gasteiger partial charge in [0.05, 0.1) is 18.0 Å². The third-order valence-electron chi connectivity index (χ3n) is 6.54. The molecule has 5 rings (SSSR count). The Balaban J connectivity index is 1.53. The molecule has 1 saturated carbocycles. The second kappa shape index (κ2) is 6.58. The van der Waals surface area contributed by atoms with Crippen LogP contribution in [0.5, 0.6) is 0 Å². The lowest BCUT2D eigenvalue weighted by atomic mass is 9.82. The highest BCUT2D eigenvalue weighted by Crippen LogP contribution is 2.47. The Hall–Kier alpha value is -2.41. The van der Waals surface area contributed by atoms with Crippen LogP contribution in [0.3, 0.4) is 0 Å². The molecule has 1 spiro atoms. The Morgan fingerprint density at radius 2 is 2.21 bits per heavy atom. The summed E-state index contributed by atoms with van der Waals surface area (Å²) >= 11 is 0. The minimum atomic E-state index is -0.812. The molecule has 0 bridgehead atoms.